The van der Waals surface area contributed by atoms with Gasteiger partial charge in [0.15, 0.2) is 0 Å². The maximum Gasteiger partial charge on any atom is 0.250 e. The van der Waals surface area contributed by atoms with E-state index in [9.17, 15) is 14.4 Å². The number of aromatic nitrogens is 1. The highest BCUT2D eigenvalue weighted by molar-refractivity contribution is 5.89. The van der Waals surface area contributed by atoms with E-state index in [4.69, 9.17) is 14.8 Å². The molecule has 4 N–H and O–H groups in total. The van der Waals surface area contributed by atoms with Gasteiger partial charge >= 0.3 is 0 Å². The van der Waals surface area contributed by atoms with Crippen LogP contribution in [-0.2, 0) is 32.8 Å². The number of likely N-dealkylation sites (N-methyl/N-ethyl adjacent to an activating group) is 1. The van der Waals surface area contributed by atoms with E-state index in [0.29, 0.717) is 6.42 Å². The predicted molar refractivity (Wildman–Crippen MR) is 144 cm³/mol. The average molecular weight is 521 g/mol. The molecule has 0 fully saturated rings. The molecule has 0 aliphatic rings. The predicted octanol–water partition coefficient (Wildman–Crippen LogP) is 2.91. The minimum Gasteiger partial charge on any atom is -0.370 e. The lowest BCUT2D eigenvalue weighted by Gasteiger charge is -2.33. The summed E-state index contributed by atoms with van der Waals surface area (Å²) in [7, 11) is 3.25. The Balaban J connectivity index is 0.00000684. The number of nitrogens with one attached hydrogen (secondary N) is 3. The summed E-state index contributed by atoms with van der Waals surface area (Å²) in [6, 6.07) is 8.18. The lowest BCUT2D eigenvalue weighted by molar-refractivity contribution is -0.170. The maximum absolute atomic E-state index is 13.5. The van der Waals surface area contributed by atoms with Crippen molar-refractivity contribution in [3.63, 3.8) is 0 Å². The van der Waals surface area contributed by atoms with Gasteiger partial charge in [-0.05, 0) is 46.9 Å². The smallest absolute Gasteiger partial charge is 0.250 e. The van der Waals surface area contributed by atoms with Crippen molar-refractivity contribution in [2.75, 3.05) is 13.7 Å². The van der Waals surface area contributed by atoms with Gasteiger partial charge in [0.25, 0.3) is 5.56 Å². The molecule has 2 amide bonds. The van der Waals surface area contributed by atoms with Crippen molar-refractivity contribution in [2.24, 2.45) is 24.3 Å². The summed E-state index contributed by atoms with van der Waals surface area (Å²) in [6.07, 6.45) is -0.233. The number of carbonyl (C=O) groups is 2. The normalized spacial score (nSPS) is 14.1. The fourth-order valence-corrected chi connectivity index (χ4v) is 4.13. The van der Waals surface area contributed by atoms with Crippen molar-refractivity contribution in [3.8, 4) is 0 Å². The third-order valence-corrected chi connectivity index (χ3v) is 6.14. The quantitative estimate of drug-likeness (QED) is 0.317. The van der Waals surface area contributed by atoms with Gasteiger partial charge in [-0.15, -0.1) is 0 Å². The number of ether oxygens (including phenoxy) is 1. The highest BCUT2D eigenvalue weighted by Gasteiger charge is 2.37. The number of aryl methyl sites for hydroxylation is 1. The van der Waals surface area contributed by atoms with Crippen LogP contribution >= 0.6 is 0 Å². The third kappa shape index (κ3) is 8.92. The number of carbonyl (C=O) groups excluding carboxylic acids is 2. The Morgan fingerprint density at radius 1 is 1.11 bits per heavy atom. The first-order chi connectivity index (χ1) is 16.9. The summed E-state index contributed by atoms with van der Waals surface area (Å²) in [5.41, 5.74) is 2.72. The first kappa shape index (κ1) is 32.2. The molecule has 10 nitrogen and oxygen atoms in total. The highest BCUT2D eigenvalue weighted by atomic mass is 16.8. The second-order valence-electron chi connectivity index (χ2n) is 10.5. The van der Waals surface area contributed by atoms with E-state index >= 15 is 0 Å². The molecule has 0 saturated carbocycles. The van der Waals surface area contributed by atoms with Gasteiger partial charge in [-0.3, -0.25) is 24.4 Å². The van der Waals surface area contributed by atoms with E-state index in [1.54, 1.807) is 23.3 Å². The maximum atomic E-state index is 13.5. The summed E-state index contributed by atoms with van der Waals surface area (Å²) in [6.45, 7) is 9.72. The van der Waals surface area contributed by atoms with Crippen molar-refractivity contribution in [3.05, 3.63) is 46.2 Å². The second kappa shape index (κ2) is 14.2. The van der Waals surface area contributed by atoms with Crippen LogP contribution in [0.1, 0.15) is 54.0 Å². The van der Waals surface area contributed by atoms with Gasteiger partial charge in [0.2, 0.25) is 11.8 Å². The van der Waals surface area contributed by atoms with Gasteiger partial charge < -0.3 is 19.9 Å². The number of hydrogen-bond acceptors (Lipinski definition) is 7. The molecular formula is C27H44N4O6. The molecule has 0 spiro atoms. The minimum absolute atomic E-state index is 0. The molecule has 3 atom stereocenters. The number of hydrogen-bond donors (Lipinski definition) is 4. The van der Waals surface area contributed by atoms with Crippen LogP contribution in [0.5, 0.6) is 0 Å². The van der Waals surface area contributed by atoms with E-state index in [2.05, 4.69) is 10.6 Å². The lowest BCUT2D eigenvalue weighted by atomic mass is 9.84. The number of benzene rings is 1. The molecule has 37 heavy (non-hydrogen) atoms. The van der Waals surface area contributed by atoms with E-state index in [-0.39, 0.29) is 43.9 Å². The molecule has 0 aliphatic carbocycles. The van der Waals surface area contributed by atoms with Gasteiger partial charge in [-0.2, -0.15) is 0 Å². The fraction of sp³-hybridized carbons (Fsp3) is 0.593. The van der Waals surface area contributed by atoms with Crippen LogP contribution in [0.3, 0.4) is 0 Å². The van der Waals surface area contributed by atoms with Crippen molar-refractivity contribution in [1.29, 1.82) is 0 Å². The van der Waals surface area contributed by atoms with E-state index in [1.165, 1.54) is 13.1 Å². The van der Waals surface area contributed by atoms with Crippen LogP contribution in [0.2, 0.25) is 0 Å². The molecule has 0 aliphatic heterocycles. The molecule has 1 heterocycles. The van der Waals surface area contributed by atoms with Gasteiger partial charge in [0.05, 0.1) is 30.8 Å². The summed E-state index contributed by atoms with van der Waals surface area (Å²) in [4.78, 5) is 42.9. The van der Waals surface area contributed by atoms with Crippen LogP contribution in [0, 0.1) is 17.3 Å². The minimum atomic E-state index is -0.741. The first-order valence-corrected chi connectivity index (χ1v) is 12.1. The highest BCUT2D eigenvalue weighted by Crippen LogP contribution is 2.24. The van der Waals surface area contributed by atoms with E-state index in [1.807, 2.05) is 52.8 Å². The summed E-state index contributed by atoms with van der Waals surface area (Å²) in [5.74, 6) is -1.10. The Morgan fingerprint density at radius 3 is 2.35 bits per heavy atom. The second-order valence-corrected chi connectivity index (χ2v) is 10.5. The Labute approximate surface area is 219 Å². The molecule has 208 valence electrons. The summed E-state index contributed by atoms with van der Waals surface area (Å²) in [5, 5.41) is 15.4. The van der Waals surface area contributed by atoms with Crippen molar-refractivity contribution >= 4 is 22.7 Å². The monoisotopic (exact) mass is 520 g/mol. The number of nitrogens with zero attached hydrogens (tertiary/aromatic N) is 1. The zero-order valence-electron chi connectivity index (χ0n) is 22.3. The molecule has 10 heteroatoms. The molecule has 1 aromatic heterocycles. The van der Waals surface area contributed by atoms with Crippen LogP contribution < -0.4 is 21.8 Å². The molecule has 1 aromatic carbocycles. The molecule has 0 bridgehead atoms. The van der Waals surface area contributed by atoms with Crippen LogP contribution in [0.15, 0.2) is 35.1 Å². The largest absolute Gasteiger partial charge is 0.370 e. The topological polar surface area (TPSA) is 131 Å². The zero-order valence-corrected chi connectivity index (χ0v) is 22.3. The number of amides is 2. The molecule has 2 rings (SSSR count). The Hall–Kier alpha value is -2.79. The SMILES string of the molecule is C.CNC(=O)[C@@H](NC(=O)[C@H](CC(C)C)C(CONO)OCc1ccc2c(ccc(=O)n2C)c1)C(C)(C)C. The van der Waals surface area contributed by atoms with Crippen molar-refractivity contribution in [2.45, 2.75) is 67.2 Å². The number of pyridine rings is 1. The zero-order chi connectivity index (χ0) is 27.0. The van der Waals surface area contributed by atoms with E-state index < -0.39 is 23.5 Å². The third-order valence-electron chi connectivity index (χ3n) is 6.14. The van der Waals surface area contributed by atoms with E-state index in [0.717, 1.165) is 16.5 Å². The molecule has 1 unspecified atom stereocenters. The molecule has 0 radical (unpaired) electrons. The number of fused-ring (bicyclic) bond motifs is 1. The lowest BCUT2D eigenvalue weighted by Crippen LogP contribution is -2.55. The Morgan fingerprint density at radius 2 is 1.78 bits per heavy atom. The van der Waals surface area contributed by atoms with Gasteiger partial charge in [-0.25, -0.2) is 0 Å². The van der Waals surface area contributed by atoms with Gasteiger partial charge in [0, 0.05) is 20.2 Å². The molecule has 2 aromatic rings. The van der Waals surface area contributed by atoms with Crippen molar-refractivity contribution < 1.29 is 24.4 Å². The average Bonchev–Trinajstić information content (AvgIpc) is 2.82. The fourth-order valence-electron chi connectivity index (χ4n) is 4.13. The van der Waals surface area contributed by atoms with Gasteiger partial charge in [-0.1, -0.05) is 53.8 Å². The van der Waals surface area contributed by atoms with Crippen LogP contribution in [-0.4, -0.2) is 47.4 Å². The molecule has 0 saturated heterocycles. The number of rotatable bonds is 12. The van der Waals surface area contributed by atoms with Crippen LogP contribution in [0.25, 0.3) is 10.9 Å². The summed E-state index contributed by atoms with van der Waals surface area (Å²) < 4.78 is 7.74. The van der Waals surface area contributed by atoms with Crippen LogP contribution in [0.4, 0.5) is 0 Å². The van der Waals surface area contributed by atoms with Crippen molar-refractivity contribution in [1.82, 2.24) is 20.8 Å². The Bertz CT molecular complexity index is 1090. The Kier molecular flexibility index (Phi) is 12.4. The molecular weight excluding hydrogens is 476 g/mol. The van der Waals surface area contributed by atoms with Gasteiger partial charge in [0.1, 0.15) is 6.04 Å². The standard InChI is InChI=1S/C26H40N4O6.CH4/c1-16(2)12-19(24(32)28-23(25(33)27-6)26(3,4)5)21(15-36-29-34)35-14-17-8-10-20-18(13-17)9-11-22(31)30(20)7;/h8-11,13,16,19,21,23,29,34H,12,14-15H2,1-7H3,(H,27,33)(H,28,32);1H4/t19-,21?,23-;/m1./s1. The first-order valence-electron chi connectivity index (χ1n) is 12.1. The summed E-state index contributed by atoms with van der Waals surface area (Å²) >= 11 is 0.